The first-order chi connectivity index (χ1) is 10.2. The van der Waals surface area contributed by atoms with Crippen molar-refractivity contribution in [2.24, 2.45) is 5.92 Å². The van der Waals surface area contributed by atoms with Gasteiger partial charge in [-0.2, -0.15) is 11.8 Å². The second kappa shape index (κ2) is 6.44. The van der Waals surface area contributed by atoms with Crippen molar-refractivity contribution in [3.8, 4) is 0 Å². The number of hydrogen-bond donors (Lipinski definition) is 0. The van der Waals surface area contributed by atoms with E-state index in [1.165, 1.54) is 0 Å². The Morgan fingerprint density at radius 3 is 2.71 bits per heavy atom. The van der Waals surface area contributed by atoms with Crippen LogP contribution in [0.15, 0.2) is 11.2 Å². The van der Waals surface area contributed by atoms with E-state index in [-0.39, 0.29) is 5.92 Å². The molecule has 7 heteroatoms. The zero-order chi connectivity index (χ0) is 14.8. The molecule has 0 N–H and O–H groups in total. The standard InChI is InChI=1S/C14H20N4OS2/c1-10-7-12(16-14(15-10)20-2)18-8-11(9-18)13(19)17-3-5-21-6-4-17/h7,11H,3-6,8-9H2,1-2H3. The molecule has 1 aromatic rings. The van der Waals surface area contributed by atoms with Gasteiger partial charge in [0.25, 0.3) is 0 Å². The number of rotatable bonds is 3. The molecule has 2 aliphatic rings. The van der Waals surface area contributed by atoms with Crippen LogP contribution in [0.1, 0.15) is 5.69 Å². The maximum atomic E-state index is 12.4. The summed E-state index contributed by atoms with van der Waals surface area (Å²) in [5.41, 5.74) is 0.979. The van der Waals surface area contributed by atoms with Gasteiger partial charge in [-0.05, 0) is 13.2 Å². The van der Waals surface area contributed by atoms with Crippen LogP contribution < -0.4 is 4.90 Å². The van der Waals surface area contributed by atoms with Gasteiger partial charge in [0.15, 0.2) is 5.16 Å². The minimum atomic E-state index is 0.140. The van der Waals surface area contributed by atoms with Crippen molar-refractivity contribution in [3.63, 3.8) is 0 Å². The molecule has 1 aromatic heterocycles. The molecule has 0 bridgehead atoms. The van der Waals surface area contributed by atoms with Gasteiger partial charge in [-0.1, -0.05) is 11.8 Å². The first-order valence-electron chi connectivity index (χ1n) is 7.18. The normalized spacial score (nSPS) is 19.5. The largest absolute Gasteiger partial charge is 0.355 e. The van der Waals surface area contributed by atoms with E-state index in [1.54, 1.807) is 11.8 Å². The van der Waals surface area contributed by atoms with E-state index in [1.807, 2.05) is 35.9 Å². The maximum Gasteiger partial charge on any atom is 0.229 e. The third kappa shape index (κ3) is 3.29. The molecule has 0 aromatic carbocycles. The van der Waals surface area contributed by atoms with Gasteiger partial charge in [0.1, 0.15) is 5.82 Å². The van der Waals surface area contributed by atoms with Crippen molar-refractivity contribution in [2.75, 3.05) is 48.8 Å². The van der Waals surface area contributed by atoms with Gasteiger partial charge in [-0.15, -0.1) is 0 Å². The summed E-state index contributed by atoms with van der Waals surface area (Å²) in [7, 11) is 0. The molecule has 0 radical (unpaired) electrons. The Hall–Kier alpha value is -0.950. The van der Waals surface area contributed by atoms with Gasteiger partial charge in [-0.25, -0.2) is 9.97 Å². The highest BCUT2D eigenvalue weighted by Gasteiger charge is 2.36. The fourth-order valence-electron chi connectivity index (χ4n) is 2.64. The Morgan fingerprint density at radius 2 is 2.05 bits per heavy atom. The molecule has 3 rings (SSSR count). The van der Waals surface area contributed by atoms with Gasteiger partial charge in [0, 0.05) is 49.4 Å². The van der Waals surface area contributed by atoms with Crippen molar-refractivity contribution >= 4 is 35.2 Å². The van der Waals surface area contributed by atoms with E-state index in [2.05, 4.69) is 14.9 Å². The molecule has 2 fully saturated rings. The summed E-state index contributed by atoms with van der Waals surface area (Å²) in [4.78, 5) is 25.5. The molecule has 0 saturated carbocycles. The predicted molar refractivity (Wildman–Crippen MR) is 88.2 cm³/mol. The Kier molecular flexibility index (Phi) is 4.59. The summed E-state index contributed by atoms with van der Waals surface area (Å²) in [6, 6.07) is 2.00. The lowest BCUT2D eigenvalue weighted by molar-refractivity contribution is -0.135. The molecule has 2 aliphatic heterocycles. The number of aromatic nitrogens is 2. The fourth-order valence-corrected chi connectivity index (χ4v) is 3.97. The molecule has 0 aliphatic carbocycles. The zero-order valence-electron chi connectivity index (χ0n) is 12.4. The number of aryl methyl sites for hydroxylation is 1. The van der Waals surface area contributed by atoms with Crippen molar-refractivity contribution in [3.05, 3.63) is 11.8 Å². The smallest absolute Gasteiger partial charge is 0.229 e. The number of amides is 1. The first-order valence-corrected chi connectivity index (χ1v) is 9.56. The van der Waals surface area contributed by atoms with E-state index < -0.39 is 0 Å². The number of hydrogen-bond acceptors (Lipinski definition) is 6. The number of anilines is 1. The van der Waals surface area contributed by atoms with Gasteiger partial charge in [-0.3, -0.25) is 4.79 Å². The van der Waals surface area contributed by atoms with Crippen LogP contribution in [0.5, 0.6) is 0 Å². The first kappa shape index (κ1) is 15.0. The summed E-state index contributed by atoms with van der Waals surface area (Å²) in [5.74, 6) is 3.56. The molecule has 1 amide bonds. The molecule has 3 heterocycles. The third-order valence-corrected chi connectivity index (χ3v) is 5.37. The second-order valence-corrected chi connectivity index (χ2v) is 7.39. The van der Waals surface area contributed by atoms with Crippen LogP contribution in [0.25, 0.3) is 0 Å². The van der Waals surface area contributed by atoms with Crippen molar-refractivity contribution in [1.82, 2.24) is 14.9 Å². The lowest BCUT2D eigenvalue weighted by Crippen LogP contribution is -2.56. The minimum absolute atomic E-state index is 0.140. The van der Waals surface area contributed by atoms with Crippen LogP contribution in [-0.2, 0) is 4.79 Å². The van der Waals surface area contributed by atoms with Crippen molar-refractivity contribution in [1.29, 1.82) is 0 Å². The lowest BCUT2D eigenvalue weighted by Gasteiger charge is -2.42. The molecule has 0 atom stereocenters. The maximum absolute atomic E-state index is 12.4. The van der Waals surface area contributed by atoms with E-state index >= 15 is 0 Å². The van der Waals surface area contributed by atoms with Crippen molar-refractivity contribution in [2.45, 2.75) is 12.1 Å². The number of carbonyl (C=O) groups is 1. The average Bonchev–Trinajstić information content (AvgIpc) is 2.46. The van der Waals surface area contributed by atoms with Crippen LogP contribution in [-0.4, -0.2) is 64.7 Å². The zero-order valence-corrected chi connectivity index (χ0v) is 14.0. The third-order valence-electron chi connectivity index (χ3n) is 3.88. The van der Waals surface area contributed by atoms with Gasteiger partial charge in [0.05, 0.1) is 5.92 Å². The topological polar surface area (TPSA) is 49.3 Å². The quantitative estimate of drug-likeness (QED) is 0.621. The highest BCUT2D eigenvalue weighted by atomic mass is 32.2. The molecule has 5 nitrogen and oxygen atoms in total. The van der Waals surface area contributed by atoms with Gasteiger partial charge >= 0.3 is 0 Å². The summed E-state index contributed by atoms with van der Waals surface area (Å²) < 4.78 is 0. The molecule has 21 heavy (non-hydrogen) atoms. The van der Waals surface area contributed by atoms with Crippen LogP contribution in [0.4, 0.5) is 5.82 Å². The van der Waals surface area contributed by atoms with E-state index in [9.17, 15) is 4.79 Å². The second-order valence-electron chi connectivity index (χ2n) is 5.39. The molecular formula is C14H20N4OS2. The van der Waals surface area contributed by atoms with Gasteiger partial charge in [0.2, 0.25) is 5.91 Å². The monoisotopic (exact) mass is 324 g/mol. The number of thioether (sulfide) groups is 2. The van der Waals surface area contributed by atoms with E-state index in [0.29, 0.717) is 5.91 Å². The highest BCUT2D eigenvalue weighted by molar-refractivity contribution is 7.99. The Labute approximate surface area is 133 Å². The van der Waals surface area contributed by atoms with Crippen LogP contribution in [0, 0.1) is 12.8 Å². The molecule has 2 saturated heterocycles. The van der Waals surface area contributed by atoms with Crippen molar-refractivity contribution < 1.29 is 4.79 Å². The fraction of sp³-hybridized carbons (Fsp3) is 0.643. The van der Waals surface area contributed by atoms with Crippen LogP contribution in [0.2, 0.25) is 0 Å². The Morgan fingerprint density at radius 1 is 1.33 bits per heavy atom. The Balaban J connectivity index is 1.60. The molecule has 0 spiro atoms. The molecule has 114 valence electrons. The summed E-state index contributed by atoms with van der Waals surface area (Å²) in [6.07, 6.45) is 1.98. The van der Waals surface area contributed by atoms with Crippen LogP contribution >= 0.6 is 23.5 Å². The molecular weight excluding hydrogens is 304 g/mol. The lowest BCUT2D eigenvalue weighted by atomic mass is 9.98. The summed E-state index contributed by atoms with van der Waals surface area (Å²) in [5, 5.41) is 0.799. The highest BCUT2D eigenvalue weighted by Crippen LogP contribution is 2.26. The minimum Gasteiger partial charge on any atom is -0.355 e. The van der Waals surface area contributed by atoms with Crippen LogP contribution in [0.3, 0.4) is 0 Å². The molecule has 0 unspecified atom stereocenters. The average molecular weight is 324 g/mol. The Bertz CT molecular complexity index is 528. The SMILES string of the molecule is CSc1nc(C)cc(N2CC(C(=O)N3CCSCC3)C2)n1. The van der Waals surface area contributed by atoms with Gasteiger partial charge < -0.3 is 9.80 Å². The summed E-state index contributed by atoms with van der Waals surface area (Å²) >= 11 is 3.49. The summed E-state index contributed by atoms with van der Waals surface area (Å²) in [6.45, 7) is 5.37. The number of carbonyl (C=O) groups excluding carboxylic acids is 1. The predicted octanol–water partition coefficient (Wildman–Crippen LogP) is 1.52. The van der Waals surface area contributed by atoms with E-state index in [4.69, 9.17) is 0 Å². The van der Waals surface area contributed by atoms with E-state index in [0.717, 1.165) is 54.4 Å². The number of nitrogens with zero attached hydrogens (tertiary/aromatic N) is 4.